The summed E-state index contributed by atoms with van der Waals surface area (Å²) in [5, 5.41) is 6.24. The van der Waals surface area contributed by atoms with Crippen molar-refractivity contribution < 1.29 is 4.79 Å². The van der Waals surface area contributed by atoms with Gasteiger partial charge in [-0.25, -0.2) is 0 Å². The van der Waals surface area contributed by atoms with E-state index in [2.05, 4.69) is 34.5 Å². The van der Waals surface area contributed by atoms with Crippen LogP contribution in [-0.4, -0.2) is 74.6 Å². The third-order valence-corrected chi connectivity index (χ3v) is 3.64. The van der Waals surface area contributed by atoms with Gasteiger partial charge in [0.1, 0.15) is 0 Å². The van der Waals surface area contributed by atoms with Gasteiger partial charge in [-0.05, 0) is 26.9 Å². The fourth-order valence-corrected chi connectivity index (χ4v) is 2.14. The molecule has 0 bridgehead atoms. The predicted octanol–water partition coefficient (Wildman–Crippen LogP) is -0.900. The molecule has 1 saturated heterocycles. The zero-order valence-electron chi connectivity index (χ0n) is 10.9. The Balaban J connectivity index is 1.63. The average molecular weight is 240 g/mol. The van der Waals surface area contributed by atoms with Crippen molar-refractivity contribution in [2.24, 2.45) is 0 Å². The van der Waals surface area contributed by atoms with Gasteiger partial charge >= 0.3 is 0 Å². The van der Waals surface area contributed by atoms with Crippen LogP contribution in [0.2, 0.25) is 0 Å². The van der Waals surface area contributed by atoms with Crippen LogP contribution in [0.4, 0.5) is 0 Å². The van der Waals surface area contributed by atoms with Gasteiger partial charge < -0.3 is 15.5 Å². The first kappa shape index (κ1) is 12.8. The molecule has 1 amide bonds. The van der Waals surface area contributed by atoms with Crippen molar-refractivity contribution in [3.8, 4) is 0 Å². The second-order valence-electron chi connectivity index (χ2n) is 5.36. The van der Waals surface area contributed by atoms with E-state index in [1.807, 2.05) is 0 Å². The maximum Gasteiger partial charge on any atom is 0.234 e. The molecule has 17 heavy (non-hydrogen) atoms. The summed E-state index contributed by atoms with van der Waals surface area (Å²) in [6.07, 6.45) is 2.45. The Labute approximate surface area is 104 Å². The van der Waals surface area contributed by atoms with E-state index in [4.69, 9.17) is 0 Å². The molecule has 0 spiro atoms. The summed E-state index contributed by atoms with van der Waals surface area (Å²) in [6.45, 7) is 4.46. The van der Waals surface area contributed by atoms with Gasteiger partial charge in [0.25, 0.3) is 0 Å². The number of hydrogen-bond donors (Lipinski definition) is 2. The summed E-state index contributed by atoms with van der Waals surface area (Å²) in [5.41, 5.74) is 0. The van der Waals surface area contributed by atoms with Crippen LogP contribution in [0.3, 0.4) is 0 Å². The van der Waals surface area contributed by atoms with Crippen LogP contribution < -0.4 is 10.6 Å². The Morgan fingerprint density at radius 1 is 1.29 bits per heavy atom. The van der Waals surface area contributed by atoms with E-state index < -0.39 is 0 Å². The first-order valence-electron chi connectivity index (χ1n) is 6.54. The molecule has 5 heteroatoms. The predicted molar refractivity (Wildman–Crippen MR) is 67.9 cm³/mol. The highest BCUT2D eigenvalue weighted by Gasteiger charge is 2.23. The summed E-state index contributed by atoms with van der Waals surface area (Å²) in [5.74, 6) is 0.124. The van der Waals surface area contributed by atoms with Gasteiger partial charge in [-0.2, -0.15) is 0 Å². The quantitative estimate of drug-likeness (QED) is 0.654. The van der Waals surface area contributed by atoms with Crippen LogP contribution in [0.1, 0.15) is 12.8 Å². The zero-order chi connectivity index (χ0) is 12.3. The SMILES string of the molecule is CN1CCN(C)C(CNC(=O)CNC2CC2)C1. The number of amides is 1. The molecule has 0 radical (unpaired) electrons. The summed E-state index contributed by atoms with van der Waals surface area (Å²) < 4.78 is 0. The highest BCUT2D eigenvalue weighted by molar-refractivity contribution is 5.78. The van der Waals surface area contributed by atoms with E-state index in [-0.39, 0.29) is 5.91 Å². The lowest BCUT2D eigenvalue weighted by molar-refractivity contribution is -0.120. The molecule has 1 saturated carbocycles. The second-order valence-corrected chi connectivity index (χ2v) is 5.36. The molecule has 1 heterocycles. The third-order valence-electron chi connectivity index (χ3n) is 3.64. The number of hydrogen-bond acceptors (Lipinski definition) is 4. The first-order valence-corrected chi connectivity index (χ1v) is 6.54. The summed E-state index contributed by atoms with van der Waals surface area (Å²) >= 11 is 0. The minimum atomic E-state index is 0.124. The highest BCUT2D eigenvalue weighted by Crippen LogP contribution is 2.17. The van der Waals surface area contributed by atoms with Crippen LogP contribution >= 0.6 is 0 Å². The third kappa shape index (κ3) is 4.26. The van der Waals surface area contributed by atoms with Crippen LogP contribution in [-0.2, 0) is 4.79 Å². The molecule has 1 atom stereocenters. The molecule has 0 aromatic rings. The van der Waals surface area contributed by atoms with Gasteiger partial charge in [0, 0.05) is 38.3 Å². The van der Waals surface area contributed by atoms with Crippen molar-refractivity contribution in [3.05, 3.63) is 0 Å². The van der Waals surface area contributed by atoms with Gasteiger partial charge in [-0.1, -0.05) is 0 Å². The number of likely N-dealkylation sites (N-methyl/N-ethyl adjacent to an activating group) is 2. The van der Waals surface area contributed by atoms with Crippen molar-refractivity contribution >= 4 is 5.91 Å². The Kier molecular flexibility index (Phi) is 4.36. The lowest BCUT2D eigenvalue weighted by Crippen LogP contribution is -2.54. The fourth-order valence-electron chi connectivity index (χ4n) is 2.14. The van der Waals surface area contributed by atoms with Gasteiger partial charge in [0.05, 0.1) is 6.54 Å². The molecular weight excluding hydrogens is 216 g/mol. The number of carbonyl (C=O) groups is 1. The fraction of sp³-hybridized carbons (Fsp3) is 0.917. The lowest BCUT2D eigenvalue weighted by atomic mass is 10.2. The Morgan fingerprint density at radius 2 is 2.06 bits per heavy atom. The van der Waals surface area contributed by atoms with Crippen LogP contribution in [0.15, 0.2) is 0 Å². The van der Waals surface area contributed by atoms with Crippen molar-refractivity contribution in [1.82, 2.24) is 20.4 Å². The Hall–Kier alpha value is -0.650. The van der Waals surface area contributed by atoms with E-state index in [9.17, 15) is 4.79 Å². The van der Waals surface area contributed by atoms with Crippen LogP contribution in [0.25, 0.3) is 0 Å². The molecule has 1 aliphatic heterocycles. The van der Waals surface area contributed by atoms with Crippen molar-refractivity contribution in [3.63, 3.8) is 0 Å². The molecule has 1 unspecified atom stereocenters. The standard InChI is InChI=1S/C12H24N4O/c1-15-5-6-16(2)11(9-15)7-14-12(17)8-13-10-3-4-10/h10-11,13H,3-9H2,1-2H3,(H,14,17). The summed E-state index contributed by atoms with van der Waals surface area (Å²) in [4.78, 5) is 16.2. The van der Waals surface area contributed by atoms with E-state index in [1.165, 1.54) is 12.8 Å². The number of nitrogens with zero attached hydrogens (tertiary/aromatic N) is 2. The normalized spacial score (nSPS) is 27.1. The Morgan fingerprint density at radius 3 is 2.76 bits per heavy atom. The van der Waals surface area contributed by atoms with Gasteiger partial charge in [0.15, 0.2) is 0 Å². The molecule has 0 aromatic heterocycles. The molecule has 2 fully saturated rings. The van der Waals surface area contributed by atoms with Crippen molar-refractivity contribution in [1.29, 1.82) is 0 Å². The Bertz CT molecular complexity index is 267. The molecule has 5 nitrogen and oxygen atoms in total. The van der Waals surface area contributed by atoms with Gasteiger partial charge in [-0.15, -0.1) is 0 Å². The maximum atomic E-state index is 11.6. The van der Waals surface area contributed by atoms with E-state index in [0.29, 0.717) is 18.6 Å². The number of rotatable bonds is 5. The summed E-state index contributed by atoms with van der Waals surface area (Å²) in [6, 6.07) is 1.04. The van der Waals surface area contributed by atoms with E-state index >= 15 is 0 Å². The zero-order valence-corrected chi connectivity index (χ0v) is 10.9. The van der Waals surface area contributed by atoms with Crippen LogP contribution in [0.5, 0.6) is 0 Å². The topological polar surface area (TPSA) is 47.6 Å². The van der Waals surface area contributed by atoms with Gasteiger partial charge in [-0.3, -0.25) is 9.69 Å². The molecule has 2 rings (SSSR count). The number of piperazine rings is 1. The maximum absolute atomic E-state index is 11.6. The smallest absolute Gasteiger partial charge is 0.234 e. The minimum absolute atomic E-state index is 0.124. The average Bonchev–Trinajstić information content (AvgIpc) is 3.11. The monoisotopic (exact) mass is 240 g/mol. The number of carbonyl (C=O) groups excluding carboxylic acids is 1. The highest BCUT2D eigenvalue weighted by atomic mass is 16.1. The second kappa shape index (κ2) is 5.80. The summed E-state index contributed by atoms with van der Waals surface area (Å²) in [7, 11) is 4.27. The molecule has 0 aromatic carbocycles. The molecule has 2 N–H and O–H groups in total. The molecule has 1 aliphatic carbocycles. The molecular formula is C12H24N4O. The lowest BCUT2D eigenvalue weighted by Gasteiger charge is -2.37. The van der Waals surface area contributed by atoms with Crippen molar-refractivity contribution in [2.45, 2.75) is 24.9 Å². The van der Waals surface area contributed by atoms with E-state index in [1.54, 1.807) is 0 Å². The largest absolute Gasteiger partial charge is 0.353 e. The van der Waals surface area contributed by atoms with E-state index in [0.717, 1.165) is 26.2 Å². The minimum Gasteiger partial charge on any atom is -0.353 e. The number of nitrogens with one attached hydrogen (secondary N) is 2. The molecule has 98 valence electrons. The van der Waals surface area contributed by atoms with Crippen LogP contribution in [0, 0.1) is 0 Å². The van der Waals surface area contributed by atoms with Crippen molar-refractivity contribution in [2.75, 3.05) is 46.8 Å². The molecule has 2 aliphatic rings. The first-order chi connectivity index (χ1) is 8.15. The van der Waals surface area contributed by atoms with Gasteiger partial charge in [0.2, 0.25) is 5.91 Å².